The number of benzene rings is 1. The van der Waals surface area contributed by atoms with Gasteiger partial charge in [0.25, 0.3) is 5.91 Å². The molecule has 6 nitrogen and oxygen atoms in total. The number of amides is 1. The highest BCUT2D eigenvalue weighted by molar-refractivity contribution is 5.81. The lowest BCUT2D eigenvalue weighted by Gasteiger charge is -2.47. The summed E-state index contributed by atoms with van der Waals surface area (Å²) in [6, 6.07) is 11.9. The standard InChI is InChI=1S/C21H26N4O2/c1-24(2)20(26)18-14-21(16-5-3-4-6-17(16)27-18)8-11-25(12-9-21)19-13-15(22)7-10-23-19/h3-7,10,13,18H,8-9,11-12,14H2,1-2H3,(H2,22,23). The number of pyridine rings is 1. The first-order chi connectivity index (χ1) is 13.0. The zero-order chi connectivity index (χ0) is 19.0. The van der Waals surface area contributed by atoms with Gasteiger partial charge in [0.15, 0.2) is 6.10 Å². The van der Waals surface area contributed by atoms with Gasteiger partial charge in [0.2, 0.25) is 0 Å². The average Bonchev–Trinajstić information content (AvgIpc) is 2.68. The van der Waals surface area contributed by atoms with Crippen LogP contribution in [0.2, 0.25) is 0 Å². The number of rotatable bonds is 2. The fourth-order valence-corrected chi connectivity index (χ4v) is 4.34. The molecule has 0 aliphatic carbocycles. The zero-order valence-electron chi connectivity index (χ0n) is 15.9. The molecule has 1 atom stereocenters. The van der Waals surface area contributed by atoms with E-state index in [-0.39, 0.29) is 11.3 Å². The quantitative estimate of drug-likeness (QED) is 0.884. The second-order valence-corrected chi connectivity index (χ2v) is 7.75. The number of piperidine rings is 1. The first kappa shape index (κ1) is 17.6. The van der Waals surface area contributed by atoms with Crippen molar-refractivity contribution in [1.82, 2.24) is 9.88 Å². The predicted molar refractivity (Wildman–Crippen MR) is 106 cm³/mol. The van der Waals surface area contributed by atoms with Gasteiger partial charge in [0.1, 0.15) is 11.6 Å². The van der Waals surface area contributed by atoms with Crippen molar-refractivity contribution in [3.8, 4) is 5.75 Å². The van der Waals surface area contributed by atoms with Crippen molar-refractivity contribution in [1.29, 1.82) is 0 Å². The molecular formula is C21H26N4O2. The molecular weight excluding hydrogens is 340 g/mol. The summed E-state index contributed by atoms with van der Waals surface area (Å²) < 4.78 is 6.08. The van der Waals surface area contributed by atoms with Crippen LogP contribution in [0.25, 0.3) is 0 Å². The molecule has 4 rings (SSSR count). The number of carbonyl (C=O) groups is 1. The summed E-state index contributed by atoms with van der Waals surface area (Å²) >= 11 is 0. The van der Waals surface area contributed by atoms with Crippen LogP contribution < -0.4 is 15.4 Å². The minimum Gasteiger partial charge on any atom is -0.480 e. The largest absolute Gasteiger partial charge is 0.480 e. The second-order valence-electron chi connectivity index (χ2n) is 7.75. The number of para-hydroxylation sites is 1. The van der Waals surface area contributed by atoms with Gasteiger partial charge in [-0.25, -0.2) is 4.98 Å². The van der Waals surface area contributed by atoms with Crippen LogP contribution in [0.1, 0.15) is 24.8 Å². The first-order valence-electron chi connectivity index (χ1n) is 9.42. The van der Waals surface area contributed by atoms with E-state index in [0.717, 1.165) is 49.6 Å². The lowest BCUT2D eigenvalue weighted by Crippen LogP contribution is -2.51. The Labute approximate surface area is 159 Å². The Morgan fingerprint density at radius 2 is 2.00 bits per heavy atom. The molecule has 1 aromatic heterocycles. The molecule has 1 saturated heterocycles. The summed E-state index contributed by atoms with van der Waals surface area (Å²) in [7, 11) is 3.57. The molecule has 27 heavy (non-hydrogen) atoms. The molecule has 2 aliphatic rings. The van der Waals surface area contributed by atoms with E-state index in [1.54, 1.807) is 31.3 Å². The number of nitrogen functional groups attached to an aromatic ring is 1. The molecule has 1 unspecified atom stereocenters. The number of anilines is 2. The van der Waals surface area contributed by atoms with E-state index in [2.05, 4.69) is 22.0 Å². The van der Waals surface area contributed by atoms with Crippen molar-refractivity contribution in [2.24, 2.45) is 0 Å². The minimum atomic E-state index is -0.424. The SMILES string of the molecule is CN(C)C(=O)C1CC2(CCN(c3cc(N)ccn3)CC2)c2ccccc2O1. The third-order valence-electron chi connectivity index (χ3n) is 5.83. The monoisotopic (exact) mass is 366 g/mol. The van der Waals surface area contributed by atoms with Gasteiger partial charge in [-0.05, 0) is 25.0 Å². The lowest BCUT2D eigenvalue weighted by atomic mass is 9.67. The second kappa shape index (κ2) is 6.76. The summed E-state index contributed by atoms with van der Waals surface area (Å²) in [5, 5.41) is 0. The fourth-order valence-electron chi connectivity index (χ4n) is 4.34. The molecule has 2 N–H and O–H groups in total. The van der Waals surface area contributed by atoms with Crippen molar-refractivity contribution in [2.45, 2.75) is 30.8 Å². The van der Waals surface area contributed by atoms with Crippen LogP contribution >= 0.6 is 0 Å². The maximum Gasteiger partial charge on any atom is 0.263 e. The van der Waals surface area contributed by atoms with Crippen LogP contribution in [0, 0.1) is 0 Å². The van der Waals surface area contributed by atoms with Gasteiger partial charge in [-0.2, -0.15) is 0 Å². The van der Waals surface area contributed by atoms with Crippen LogP contribution in [0.3, 0.4) is 0 Å². The molecule has 1 spiro atoms. The van der Waals surface area contributed by atoms with Gasteiger partial charge < -0.3 is 20.3 Å². The van der Waals surface area contributed by atoms with Crippen LogP contribution in [-0.2, 0) is 10.2 Å². The summed E-state index contributed by atoms with van der Waals surface area (Å²) in [4.78, 5) is 21.0. The summed E-state index contributed by atoms with van der Waals surface area (Å²) in [6.07, 6.45) is 3.97. The average molecular weight is 366 g/mol. The van der Waals surface area contributed by atoms with E-state index in [9.17, 15) is 4.79 Å². The van der Waals surface area contributed by atoms with Crippen molar-refractivity contribution in [2.75, 3.05) is 37.8 Å². The third kappa shape index (κ3) is 3.20. The number of nitrogens with two attached hydrogens (primary N) is 1. The third-order valence-corrected chi connectivity index (χ3v) is 5.83. The van der Waals surface area contributed by atoms with E-state index >= 15 is 0 Å². The minimum absolute atomic E-state index is 0.0313. The number of nitrogens with zero attached hydrogens (tertiary/aromatic N) is 3. The Balaban J connectivity index is 1.61. The predicted octanol–water partition coefficient (Wildman–Crippen LogP) is 2.44. The highest BCUT2D eigenvalue weighted by atomic mass is 16.5. The molecule has 3 heterocycles. The Hall–Kier alpha value is -2.76. The summed E-state index contributed by atoms with van der Waals surface area (Å²) in [5.41, 5.74) is 7.84. The van der Waals surface area contributed by atoms with Crippen LogP contribution in [0.15, 0.2) is 42.6 Å². The topological polar surface area (TPSA) is 71.7 Å². The first-order valence-corrected chi connectivity index (χ1v) is 9.42. The summed E-state index contributed by atoms with van der Waals surface area (Å²) in [5.74, 6) is 1.80. The Bertz CT molecular complexity index is 844. The lowest BCUT2D eigenvalue weighted by molar-refractivity contribution is -0.138. The van der Waals surface area contributed by atoms with Crippen molar-refractivity contribution in [3.63, 3.8) is 0 Å². The fraction of sp³-hybridized carbons (Fsp3) is 0.429. The molecule has 1 amide bonds. The van der Waals surface area contributed by atoms with E-state index in [1.165, 1.54) is 5.56 Å². The maximum atomic E-state index is 12.6. The van der Waals surface area contributed by atoms with Crippen LogP contribution in [-0.4, -0.2) is 49.1 Å². The van der Waals surface area contributed by atoms with Gasteiger partial charge in [0, 0.05) is 62.5 Å². The van der Waals surface area contributed by atoms with Crippen LogP contribution in [0.5, 0.6) is 5.75 Å². The van der Waals surface area contributed by atoms with E-state index in [1.807, 2.05) is 18.2 Å². The maximum absolute atomic E-state index is 12.6. The van der Waals surface area contributed by atoms with Crippen molar-refractivity contribution >= 4 is 17.4 Å². The molecule has 6 heteroatoms. The number of hydrogen-bond acceptors (Lipinski definition) is 5. The smallest absolute Gasteiger partial charge is 0.263 e. The molecule has 2 aliphatic heterocycles. The number of carbonyl (C=O) groups excluding carboxylic acids is 1. The molecule has 1 fully saturated rings. The molecule has 1 aromatic carbocycles. The Morgan fingerprint density at radius 1 is 1.26 bits per heavy atom. The number of likely N-dealkylation sites (N-methyl/N-ethyl adjacent to an activating group) is 1. The van der Waals surface area contributed by atoms with Crippen molar-refractivity contribution < 1.29 is 9.53 Å². The van der Waals surface area contributed by atoms with Gasteiger partial charge in [-0.15, -0.1) is 0 Å². The zero-order valence-corrected chi connectivity index (χ0v) is 15.9. The summed E-state index contributed by atoms with van der Waals surface area (Å²) in [6.45, 7) is 1.77. The Kier molecular flexibility index (Phi) is 4.42. The highest BCUT2D eigenvalue weighted by Gasteiger charge is 2.46. The van der Waals surface area contributed by atoms with Crippen LogP contribution in [0.4, 0.5) is 11.5 Å². The number of hydrogen-bond donors (Lipinski definition) is 1. The van der Waals surface area contributed by atoms with Gasteiger partial charge in [0.05, 0.1) is 0 Å². The molecule has 0 bridgehead atoms. The number of aromatic nitrogens is 1. The normalized spacial score (nSPS) is 20.7. The van der Waals surface area contributed by atoms with Gasteiger partial charge in [-0.3, -0.25) is 4.79 Å². The van der Waals surface area contributed by atoms with E-state index in [4.69, 9.17) is 10.5 Å². The van der Waals surface area contributed by atoms with Gasteiger partial charge in [-0.1, -0.05) is 18.2 Å². The van der Waals surface area contributed by atoms with E-state index in [0.29, 0.717) is 0 Å². The molecule has 142 valence electrons. The van der Waals surface area contributed by atoms with E-state index < -0.39 is 6.10 Å². The molecule has 2 aromatic rings. The van der Waals surface area contributed by atoms with Gasteiger partial charge >= 0.3 is 0 Å². The number of ether oxygens (including phenoxy) is 1. The molecule has 0 saturated carbocycles. The molecule has 0 radical (unpaired) electrons. The number of fused-ring (bicyclic) bond motifs is 2. The van der Waals surface area contributed by atoms with Crippen molar-refractivity contribution in [3.05, 3.63) is 48.2 Å². The Morgan fingerprint density at radius 3 is 2.70 bits per heavy atom. The highest BCUT2D eigenvalue weighted by Crippen LogP contribution is 2.48.